The molecular formula is C13H16O2. The van der Waals surface area contributed by atoms with Crippen LogP contribution in [0.1, 0.15) is 36.0 Å². The Morgan fingerprint density at radius 3 is 2.87 bits per heavy atom. The summed E-state index contributed by atoms with van der Waals surface area (Å²) in [5.41, 5.74) is 3.89. The van der Waals surface area contributed by atoms with Gasteiger partial charge in [-0.1, -0.05) is 25.1 Å². The van der Waals surface area contributed by atoms with Crippen molar-refractivity contribution in [2.45, 2.75) is 32.6 Å². The quantitative estimate of drug-likeness (QED) is 0.763. The second-order valence-electron chi connectivity index (χ2n) is 4.41. The first-order valence-corrected chi connectivity index (χ1v) is 5.42. The van der Waals surface area contributed by atoms with Gasteiger partial charge in [0.1, 0.15) is 0 Å². The highest BCUT2D eigenvalue weighted by Crippen LogP contribution is 2.37. The van der Waals surface area contributed by atoms with Gasteiger partial charge < -0.3 is 5.11 Å². The number of carboxylic acids is 1. The number of hydrogen-bond donors (Lipinski definition) is 1. The molecule has 2 atom stereocenters. The summed E-state index contributed by atoms with van der Waals surface area (Å²) in [7, 11) is 0. The van der Waals surface area contributed by atoms with Gasteiger partial charge in [0, 0.05) is 0 Å². The van der Waals surface area contributed by atoms with E-state index in [2.05, 4.69) is 19.1 Å². The Morgan fingerprint density at radius 2 is 2.20 bits per heavy atom. The molecule has 2 rings (SSSR count). The van der Waals surface area contributed by atoms with E-state index in [4.69, 9.17) is 5.11 Å². The molecule has 0 heterocycles. The zero-order chi connectivity index (χ0) is 11.0. The van der Waals surface area contributed by atoms with Crippen molar-refractivity contribution in [3.63, 3.8) is 0 Å². The first-order valence-electron chi connectivity index (χ1n) is 5.42. The Morgan fingerprint density at radius 1 is 1.47 bits per heavy atom. The molecular weight excluding hydrogens is 188 g/mol. The molecule has 2 heteroatoms. The minimum atomic E-state index is -0.658. The van der Waals surface area contributed by atoms with E-state index in [0.717, 1.165) is 12.8 Å². The lowest BCUT2D eigenvalue weighted by atomic mass is 9.75. The van der Waals surface area contributed by atoms with E-state index in [0.29, 0.717) is 0 Å². The van der Waals surface area contributed by atoms with Crippen molar-refractivity contribution < 1.29 is 9.90 Å². The first-order chi connectivity index (χ1) is 7.11. The van der Waals surface area contributed by atoms with E-state index < -0.39 is 5.97 Å². The standard InChI is InChI=1S/C13H16O2/c1-8-4-3-5-11-9(2)12(13(14)15)7-6-10(8)11/h3-5,9,12H,6-7H2,1-2H3,(H,14,15). The van der Waals surface area contributed by atoms with Gasteiger partial charge in [-0.3, -0.25) is 4.79 Å². The first kappa shape index (κ1) is 10.2. The topological polar surface area (TPSA) is 37.3 Å². The van der Waals surface area contributed by atoms with Crippen LogP contribution in [0.3, 0.4) is 0 Å². The molecule has 80 valence electrons. The Hall–Kier alpha value is -1.31. The van der Waals surface area contributed by atoms with Crippen LogP contribution >= 0.6 is 0 Å². The molecule has 1 aromatic carbocycles. The Balaban J connectivity index is 2.42. The van der Waals surface area contributed by atoms with Crippen LogP contribution in [0.4, 0.5) is 0 Å². The van der Waals surface area contributed by atoms with Crippen molar-refractivity contribution in [1.29, 1.82) is 0 Å². The van der Waals surface area contributed by atoms with Crippen LogP contribution in [0.25, 0.3) is 0 Å². The van der Waals surface area contributed by atoms with Gasteiger partial charge in [-0.2, -0.15) is 0 Å². The van der Waals surface area contributed by atoms with Gasteiger partial charge >= 0.3 is 5.97 Å². The second-order valence-corrected chi connectivity index (χ2v) is 4.41. The van der Waals surface area contributed by atoms with Crippen LogP contribution in [-0.2, 0) is 11.2 Å². The molecule has 2 nitrogen and oxygen atoms in total. The smallest absolute Gasteiger partial charge is 0.307 e. The maximum atomic E-state index is 11.1. The number of fused-ring (bicyclic) bond motifs is 1. The average molecular weight is 204 g/mol. The molecule has 1 N–H and O–H groups in total. The van der Waals surface area contributed by atoms with Crippen LogP contribution in [0.15, 0.2) is 18.2 Å². The van der Waals surface area contributed by atoms with Crippen LogP contribution in [0, 0.1) is 12.8 Å². The van der Waals surface area contributed by atoms with Crippen molar-refractivity contribution in [2.24, 2.45) is 5.92 Å². The fraction of sp³-hybridized carbons (Fsp3) is 0.462. The molecule has 0 fully saturated rings. The lowest BCUT2D eigenvalue weighted by Gasteiger charge is -2.29. The molecule has 0 aromatic heterocycles. The summed E-state index contributed by atoms with van der Waals surface area (Å²) in [6.45, 7) is 4.13. The third kappa shape index (κ3) is 1.65. The SMILES string of the molecule is Cc1cccc2c1CCC(C(=O)O)C2C. The number of benzene rings is 1. The van der Waals surface area contributed by atoms with Gasteiger partial charge in [-0.25, -0.2) is 0 Å². The highest BCUT2D eigenvalue weighted by atomic mass is 16.4. The molecule has 0 radical (unpaired) electrons. The molecule has 2 unspecified atom stereocenters. The van der Waals surface area contributed by atoms with Crippen molar-refractivity contribution in [3.8, 4) is 0 Å². The summed E-state index contributed by atoms with van der Waals surface area (Å²) in [5.74, 6) is -0.722. The van der Waals surface area contributed by atoms with E-state index >= 15 is 0 Å². The van der Waals surface area contributed by atoms with Crippen LogP contribution in [0.5, 0.6) is 0 Å². The highest BCUT2D eigenvalue weighted by Gasteiger charge is 2.31. The monoisotopic (exact) mass is 204 g/mol. The zero-order valence-electron chi connectivity index (χ0n) is 9.16. The third-order valence-corrected chi connectivity index (χ3v) is 3.56. The Kier molecular flexibility index (Phi) is 2.51. The normalized spacial score (nSPS) is 24.7. The molecule has 0 saturated carbocycles. The number of aliphatic carboxylic acids is 1. The summed E-state index contributed by atoms with van der Waals surface area (Å²) in [6.07, 6.45) is 1.68. The predicted octanol–water partition coefficient (Wildman–Crippen LogP) is 2.75. The minimum Gasteiger partial charge on any atom is -0.481 e. The van der Waals surface area contributed by atoms with Gasteiger partial charge in [0.25, 0.3) is 0 Å². The number of carboxylic acid groups (broad SMARTS) is 1. The molecule has 1 aromatic rings. The molecule has 15 heavy (non-hydrogen) atoms. The summed E-state index contributed by atoms with van der Waals surface area (Å²) < 4.78 is 0. The van der Waals surface area contributed by atoms with Crippen molar-refractivity contribution in [2.75, 3.05) is 0 Å². The molecule has 0 aliphatic heterocycles. The maximum absolute atomic E-state index is 11.1. The van der Waals surface area contributed by atoms with E-state index in [1.165, 1.54) is 16.7 Å². The van der Waals surface area contributed by atoms with Crippen LogP contribution in [-0.4, -0.2) is 11.1 Å². The zero-order valence-corrected chi connectivity index (χ0v) is 9.16. The van der Waals surface area contributed by atoms with Gasteiger partial charge in [0.05, 0.1) is 5.92 Å². The lowest BCUT2D eigenvalue weighted by molar-refractivity contribution is -0.142. The highest BCUT2D eigenvalue weighted by molar-refractivity contribution is 5.72. The number of hydrogen-bond acceptors (Lipinski definition) is 1. The van der Waals surface area contributed by atoms with Gasteiger partial charge in [0.15, 0.2) is 0 Å². The minimum absolute atomic E-state index is 0.145. The fourth-order valence-corrected chi connectivity index (χ4v) is 2.60. The van der Waals surface area contributed by atoms with E-state index in [1.807, 2.05) is 13.0 Å². The molecule has 1 aliphatic rings. The molecule has 1 aliphatic carbocycles. The predicted molar refractivity (Wildman–Crippen MR) is 59.0 cm³/mol. The summed E-state index contributed by atoms with van der Waals surface area (Å²) in [6, 6.07) is 6.20. The van der Waals surface area contributed by atoms with Crippen molar-refractivity contribution in [1.82, 2.24) is 0 Å². The van der Waals surface area contributed by atoms with Gasteiger partial charge in [-0.05, 0) is 42.4 Å². The van der Waals surface area contributed by atoms with E-state index in [9.17, 15) is 4.79 Å². The van der Waals surface area contributed by atoms with E-state index in [1.54, 1.807) is 0 Å². The van der Waals surface area contributed by atoms with Crippen molar-refractivity contribution >= 4 is 5.97 Å². The molecule has 0 spiro atoms. The molecule has 0 amide bonds. The maximum Gasteiger partial charge on any atom is 0.307 e. The number of carbonyl (C=O) groups is 1. The van der Waals surface area contributed by atoms with E-state index in [-0.39, 0.29) is 11.8 Å². The van der Waals surface area contributed by atoms with Crippen LogP contribution in [0.2, 0.25) is 0 Å². The van der Waals surface area contributed by atoms with Crippen LogP contribution < -0.4 is 0 Å². The Bertz CT molecular complexity index is 396. The third-order valence-electron chi connectivity index (χ3n) is 3.56. The summed E-state index contributed by atoms with van der Waals surface area (Å²) in [4.78, 5) is 11.1. The molecule has 0 saturated heterocycles. The summed E-state index contributed by atoms with van der Waals surface area (Å²) in [5, 5.41) is 9.10. The fourth-order valence-electron chi connectivity index (χ4n) is 2.60. The number of rotatable bonds is 1. The average Bonchev–Trinajstić information content (AvgIpc) is 2.19. The number of aryl methyl sites for hydroxylation is 1. The largest absolute Gasteiger partial charge is 0.481 e. The molecule has 0 bridgehead atoms. The van der Waals surface area contributed by atoms with Crippen molar-refractivity contribution in [3.05, 3.63) is 34.9 Å². The van der Waals surface area contributed by atoms with Gasteiger partial charge in [0.2, 0.25) is 0 Å². The van der Waals surface area contributed by atoms with Gasteiger partial charge in [-0.15, -0.1) is 0 Å². The lowest BCUT2D eigenvalue weighted by Crippen LogP contribution is -2.26. The second kappa shape index (κ2) is 3.69. The Labute approximate surface area is 89.9 Å². The summed E-state index contributed by atoms with van der Waals surface area (Å²) >= 11 is 0.